The molecule has 1 fully saturated rings. The van der Waals surface area contributed by atoms with Gasteiger partial charge in [0, 0.05) is 29.7 Å². The van der Waals surface area contributed by atoms with E-state index in [1.807, 2.05) is 19.1 Å². The largest absolute Gasteiger partial charge is 0.394 e. The number of carbonyl (C=O) groups is 1. The molecule has 1 aliphatic rings. The Morgan fingerprint density at radius 2 is 2.21 bits per heavy atom. The molecule has 1 aromatic heterocycles. The van der Waals surface area contributed by atoms with Gasteiger partial charge in [0.1, 0.15) is 0 Å². The van der Waals surface area contributed by atoms with Gasteiger partial charge in [0.2, 0.25) is 0 Å². The van der Waals surface area contributed by atoms with Crippen molar-refractivity contribution in [3.05, 3.63) is 35.5 Å². The van der Waals surface area contributed by atoms with Crippen LogP contribution in [0.5, 0.6) is 0 Å². The normalized spacial score (nSPS) is 21.2. The standard InChI is InChI=1S/C18H25N3O3/c1-12-9-21(10-14(11-22)24-12)18(23)19-8-7-15-13(2)20-17-6-4-3-5-16(15)17/h3-6,12,14,20,22H,7-11H2,1-2H3,(H,19,23)/t12-,14+/m1/s1. The molecule has 6 heteroatoms. The van der Waals surface area contributed by atoms with Crippen molar-refractivity contribution in [1.29, 1.82) is 0 Å². The molecule has 24 heavy (non-hydrogen) atoms. The smallest absolute Gasteiger partial charge is 0.317 e. The number of amides is 2. The number of hydrogen-bond acceptors (Lipinski definition) is 3. The molecule has 2 aromatic rings. The van der Waals surface area contributed by atoms with Crippen molar-refractivity contribution in [3.63, 3.8) is 0 Å². The Hall–Kier alpha value is -2.05. The summed E-state index contributed by atoms with van der Waals surface area (Å²) in [5.41, 5.74) is 3.52. The van der Waals surface area contributed by atoms with Crippen molar-refractivity contribution in [1.82, 2.24) is 15.2 Å². The van der Waals surface area contributed by atoms with Crippen molar-refractivity contribution < 1.29 is 14.6 Å². The molecule has 0 saturated carbocycles. The zero-order chi connectivity index (χ0) is 17.1. The minimum Gasteiger partial charge on any atom is -0.394 e. The number of aromatic nitrogens is 1. The van der Waals surface area contributed by atoms with E-state index in [1.54, 1.807) is 4.90 Å². The van der Waals surface area contributed by atoms with Crippen molar-refractivity contribution in [3.8, 4) is 0 Å². The number of para-hydroxylation sites is 1. The number of nitrogens with zero attached hydrogens (tertiary/aromatic N) is 1. The fourth-order valence-corrected chi connectivity index (χ4v) is 3.38. The maximum absolute atomic E-state index is 12.4. The quantitative estimate of drug-likeness (QED) is 0.799. The van der Waals surface area contributed by atoms with Gasteiger partial charge in [0.15, 0.2) is 0 Å². The number of morpholine rings is 1. The van der Waals surface area contributed by atoms with E-state index in [0.29, 0.717) is 19.6 Å². The predicted molar refractivity (Wildman–Crippen MR) is 93.1 cm³/mol. The summed E-state index contributed by atoms with van der Waals surface area (Å²) >= 11 is 0. The van der Waals surface area contributed by atoms with Crippen LogP contribution in [0, 0.1) is 6.92 Å². The number of H-pyrrole nitrogens is 1. The summed E-state index contributed by atoms with van der Waals surface area (Å²) in [6.45, 7) is 5.47. The lowest BCUT2D eigenvalue weighted by Gasteiger charge is -2.36. The molecular formula is C18H25N3O3. The van der Waals surface area contributed by atoms with Crippen LogP contribution in [0.4, 0.5) is 4.79 Å². The average molecular weight is 331 g/mol. The second kappa shape index (κ2) is 7.23. The van der Waals surface area contributed by atoms with Crippen LogP contribution in [0.15, 0.2) is 24.3 Å². The monoisotopic (exact) mass is 331 g/mol. The number of fused-ring (bicyclic) bond motifs is 1. The second-order valence-corrected chi connectivity index (χ2v) is 6.41. The first-order valence-electron chi connectivity index (χ1n) is 8.43. The van der Waals surface area contributed by atoms with Gasteiger partial charge in [-0.2, -0.15) is 0 Å². The van der Waals surface area contributed by atoms with Crippen molar-refractivity contribution in [2.45, 2.75) is 32.5 Å². The third-order valence-electron chi connectivity index (χ3n) is 4.50. The topological polar surface area (TPSA) is 77.6 Å². The lowest BCUT2D eigenvalue weighted by molar-refractivity contribution is -0.0833. The number of aryl methyl sites for hydroxylation is 1. The zero-order valence-corrected chi connectivity index (χ0v) is 14.2. The Morgan fingerprint density at radius 1 is 1.42 bits per heavy atom. The Kier molecular flexibility index (Phi) is 5.06. The molecule has 1 aromatic carbocycles. The Labute approximate surface area is 141 Å². The highest BCUT2D eigenvalue weighted by atomic mass is 16.5. The van der Waals surface area contributed by atoms with Gasteiger partial charge in [-0.1, -0.05) is 18.2 Å². The highest BCUT2D eigenvalue weighted by Crippen LogP contribution is 2.22. The summed E-state index contributed by atoms with van der Waals surface area (Å²) in [7, 11) is 0. The van der Waals surface area contributed by atoms with Crippen molar-refractivity contribution in [2.24, 2.45) is 0 Å². The van der Waals surface area contributed by atoms with Gasteiger partial charge in [0.25, 0.3) is 0 Å². The highest BCUT2D eigenvalue weighted by Gasteiger charge is 2.27. The van der Waals surface area contributed by atoms with Crippen LogP contribution in [0.1, 0.15) is 18.2 Å². The molecule has 3 rings (SSSR count). The van der Waals surface area contributed by atoms with Crippen LogP contribution in [-0.2, 0) is 11.2 Å². The number of nitrogens with one attached hydrogen (secondary N) is 2. The van der Waals surface area contributed by atoms with Gasteiger partial charge in [0.05, 0.1) is 25.4 Å². The number of urea groups is 1. The van der Waals surface area contributed by atoms with Crippen LogP contribution < -0.4 is 5.32 Å². The first-order chi connectivity index (χ1) is 11.6. The molecular weight excluding hydrogens is 306 g/mol. The molecule has 6 nitrogen and oxygen atoms in total. The van der Waals surface area contributed by atoms with E-state index >= 15 is 0 Å². The molecule has 1 aliphatic heterocycles. The van der Waals surface area contributed by atoms with Crippen LogP contribution >= 0.6 is 0 Å². The van der Waals surface area contributed by atoms with Crippen LogP contribution in [0.3, 0.4) is 0 Å². The molecule has 130 valence electrons. The number of aliphatic hydroxyl groups excluding tert-OH is 1. The molecule has 0 spiro atoms. The summed E-state index contributed by atoms with van der Waals surface area (Å²) in [5, 5.41) is 13.4. The number of benzene rings is 1. The average Bonchev–Trinajstić information content (AvgIpc) is 2.90. The molecule has 2 heterocycles. The van der Waals surface area contributed by atoms with Gasteiger partial charge < -0.3 is 25.0 Å². The second-order valence-electron chi connectivity index (χ2n) is 6.41. The lowest BCUT2D eigenvalue weighted by atomic mass is 10.1. The van der Waals surface area contributed by atoms with E-state index in [4.69, 9.17) is 4.74 Å². The van der Waals surface area contributed by atoms with E-state index in [9.17, 15) is 9.90 Å². The van der Waals surface area contributed by atoms with E-state index in [1.165, 1.54) is 10.9 Å². The summed E-state index contributed by atoms with van der Waals surface area (Å²) in [6.07, 6.45) is 0.429. The third kappa shape index (κ3) is 3.55. The molecule has 0 radical (unpaired) electrons. The van der Waals surface area contributed by atoms with E-state index < -0.39 is 0 Å². The van der Waals surface area contributed by atoms with Crippen LogP contribution in [-0.4, -0.2) is 59.5 Å². The van der Waals surface area contributed by atoms with Crippen molar-refractivity contribution >= 4 is 16.9 Å². The van der Waals surface area contributed by atoms with Gasteiger partial charge in [-0.15, -0.1) is 0 Å². The number of carbonyl (C=O) groups excluding carboxylic acids is 1. The number of aliphatic hydroxyl groups is 1. The number of aromatic amines is 1. The van der Waals surface area contributed by atoms with E-state index in [2.05, 4.69) is 29.4 Å². The van der Waals surface area contributed by atoms with Gasteiger partial charge >= 0.3 is 6.03 Å². The van der Waals surface area contributed by atoms with Crippen molar-refractivity contribution in [2.75, 3.05) is 26.2 Å². The zero-order valence-electron chi connectivity index (χ0n) is 14.2. The Balaban J connectivity index is 1.57. The summed E-state index contributed by atoms with van der Waals surface area (Å²) < 4.78 is 5.57. The number of hydrogen-bond donors (Lipinski definition) is 3. The molecule has 0 aliphatic carbocycles. The first kappa shape index (κ1) is 16.8. The SMILES string of the molecule is Cc1[nH]c2ccccc2c1CCNC(=O)N1C[C@@H](CO)O[C@H](C)C1. The Bertz CT molecular complexity index is 713. The van der Waals surface area contributed by atoms with Gasteiger partial charge in [-0.05, 0) is 31.9 Å². The molecule has 0 bridgehead atoms. The van der Waals surface area contributed by atoms with E-state index in [0.717, 1.165) is 17.6 Å². The van der Waals surface area contributed by atoms with Crippen LogP contribution in [0.25, 0.3) is 10.9 Å². The third-order valence-corrected chi connectivity index (χ3v) is 4.50. The molecule has 2 atom stereocenters. The first-order valence-corrected chi connectivity index (χ1v) is 8.43. The highest BCUT2D eigenvalue weighted by molar-refractivity contribution is 5.84. The minimum absolute atomic E-state index is 0.0579. The molecule has 3 N–H and O–H groups in total. The fraction of sp³-hybridized carbons (Fsp3) is 0.500. The molecule has 0 unspecified atom stereocenters. The lowest BCUT2D eigenvalue weighted by Crippen LogP contribution is -2.53. The van der Waals surface area contributed by atoms with E-state index in [-0.39, 0.29) is 24.8 Å². The number of ether oxygens (including phenoxy) is 1. The van der Waals surface area contributed by atoms with Gasteiger partial charge in [-0.3, -0.25) is 0 Å². The minimum atomic E-state index is -0.296. The molecule has 1 saturated heterocycles. The predicted octanol–water partition coefficient (Wildman–Crippen LogP) is 1.81. The van der Waals surface area contributed by atoms with Gasteiger partial charge in [-0.25, -0.2) is 4.79 Å². The Morgan fingerprint density at radius 3 is 3.00 bits per heavy atom. The molecule has 2 amide bonds. The summed E-state index contributed by atoms with van der Waals surface area (Å²) in [4.78, 5) is 17.5. The fourth-order valence-electron chi connectivity index (χ4n) is 3.38. The summed E-state index contributed by atoms with van der Waals surface area (Å²) in [6, 6.07) is 8.11. The summed E-state index contributed by atoms with van der Waals surface area (Å²) in [5.74, 6) is 0. The maximum atomic E-state index is 12.4. The number of rotatable bonds is 4. The maximum Gasteiger partial charge on any atom is 0.317 e. The van der Waals surface area contributed by atoms with Crippen LogP contribution in [0.2, 0.25) is 0 Å².